The van der Waals surface area contributed by atoms with Gasteiger partial charge in [0, 0.05) is 31.1 Å². The van der Waals surface area contributed by atoms with Crippen LogP contribution in [0.25, 0.3) is 11.3 Å². The SMILES string of the molecule is Cc1cc(F)c(-c2nc(C(=O)Cc3cnccc3[C@H]3C[C@@H](N)[C@@H](S(C)(=O)=O)[C@@H](C)C3)ccc2F)c(F)c1. The highest BCUT2D eigenvalue weighted by molar-refractivity contribution is 7.91. The van der Waals surface area contributed by atoms with Crippen molar-refractivity contribution in [1.82, 2.24) is 9.97 Å². The summed E-state index contributed by atoms with van der Waals surface area (Å²) in [4.78, 5) is 21.3. The fourth-order valence-corrected chi connectivity index (χ4v) is 7.20. The molecular formula is C27H28F3N3O3S. The number of hydrogen-bond donors (Lipinski definition) is 1. The first-order valence-electron chi connectivity index (χ1n) is 11.9. The zero-order valence-electron chi connectivity index (χ0n) is 20.7. The number of carbonyl (C=O) groups is 1. The molecule has 2 heterocycles. The van der Waals surface area contributed by atoms with Gasteiger partial charge in [0.05, 0.1) is 10.8 Å². The minimum absolute atomic E-state index is 0.0821. The van der Waals surface area contributed by atoms with Crippen molar-refractivity contribution in [1.29, 1.82) is 0 Å². The van der Waals surface area contributed by atoms with Crippen molar-refractivity contribution in [2.24, 2.45) is 11.7 Å². The summed E-state index contributed by atoms with van der Waals surface area (Å²) in [5.41, 5.74) is 6.69. The molecule has 10 heteroatoms. The van der Waals surface area contributed by atoms with Gasteiger partial charge in [0.15, 0.2) is 15.6 Å². The molecule has 1 aliphatic carbocycles. The third-order valence-electron chi connectivity index (χ3n) is 6.98. The van der Waals surface area contributed by atoms with Crippen LogP contribution in [0.4, 0.5) is 13.2 Å². The van der Waals surface area contributed by atoms with Gasteiger partial charge in [0.2, 0.25) is 0 Å². The fourth-order valence-electron chi connectivity index (χ4n) is 5.50. The highest BCUT2D eigenvalue weighted by atomic mass is 32.2. The van der Waals surface area contributed by atoms with Gasteiger partial charge in [-0.25, -0.2) is 26.6 Å². The number of ketones is 1. The van der Waals surface area contributed by atoms with Crippen LogP contribution < -0.4 is 5.73 Å². The van der Waals surface area contributed by atoms with Crippen LogP contribution in [0.3, 0.4) is 0 Å². The lowest BCUT2D eigenvalue weighted by Crippen LogP contribution is -2.48. The van der Waals surface area contributed by atoms with E-state index in [9.17, 15) is 26.4 Å². The molecule has 0 bridgehead atoms. The standard InChI is InChI=1S/C27H28F3N3O3S/c1-14-8-20(29)25(21(30)9-14)26-19(28)4-5-23(33-26)24(34)12-17-13-32-7-6-18(17)16-10-15(2)27(22(31)11-16)37(3,35)36/h4-9,13,15-16,22,27H,10-12,31H2,1-3H3/t15-,16+,22+,27-/m0/s1. The fraction of sp³-hybridized carbons (Fsp3) is 0.370. The molecule has 1 aromatic carbocycles. The number of aryl methyl sites for hydroxylation is 1. The molecule has 0 spiro atoms. The second-order valence-corrected chi connectivity index (χ2v) is 12.1. The predicted molar refractivity (Wildman–Crippen MR) is 134 cm³/mol. The van der Waals surface area contributed by atoms with Crippen molar-refractivity contribution < 1.29 is 26.4 Å². The molecule has 2 N–H and O–H groups in total. The van der Waals surface area contributed by atoms with Crippen molar-refractivity contribution in [2.75, 3.05) is 6.26 Å². The third-order valence-corrected chi connectivity index (χ3v) is 8.78. The summed E-state index contributed by atoms with van der Waals surface area (Å²) in [6.45, 7) is 3.36. The summed E-state index contributed by atoms with van der Waals surface area (Å²) >= 11 is 0. The van der Waals surface area contributed by atoms with Crippen LogP contribution in [0.15, 0.2) is 42.7 Å². The number of halogens is 3. The minimum atomic E-state index is -3.32. The van der Waals surface area contributed by atoms with Gasteiger partial charge in [0.1, 0.15) is 28.8 Å². The molecule has 0 aliphatic heterocycles. The van der Waals surface area contributed by atoms with Gasteiger partial charge >= 0.3 is 0 Å². The molecular weight excluding hydrogens is 503 g/mol. The lowest BCUT2D eigenvalue weighted by atomic mass is 9.75. The Morgan fingerprint density at radius 2 is 1.76 bits per heavy atom. The summed E-state index contributed by atoms with van der Waals surface area (Å²) < 4.78 is 67.9. The second-order valence-electron chi connectivity index (χ2n) is 9.91. The molecule has 196 valence electrons. The molecule has 1 saturated carbocycles. The minimum Gasteiger partial charge on any atom is -0.326 e. The topological polar surface area (TPSA) is 103 Å². The van der Waals surface area contributed by atoms with E-state index >= 15 is 0 Å². The number of nitrogens with zero attached hydrogens (tertiary/aromatic N) is 2. The zero-order chi connectivity index (χ0) is 27.1. The van der Waals surface area contributed by atoms with Gasteiger partial charge in [-0.05, 0) is 78.6 Å². The Labute approximate surface area is 214 Å². The molecule has 4 rings (SSSR count). The quantitative estimate of drug-likeness (QED) is 0.468. The van der Waals surface area contributed by atoms with Crippen LogP contribution in [0, 0.1) is 30.3 Å². The molecule has 37 heavy (non-hydrogen) atoms. The van der Waals surface area contributed by atoms with Gasteiger partial charge in [0.25, 0.3) is 0 Å². The van der Waals surface area contributed by atoms with Gasteiger partial charge in [-0.2, -0.15) is 0 Å². The van der Waals surface area contributed by atoms with E-state index in [4.69, 9.17) is 5.73 Å². The maximum Gasteiger partial charge on any atom is 0.185 e. The Hall–Kier alpha value is -3.11. The van der Waals surface area contributed by atoms with Crippen molar-refractivity contribution in [3.05, 3.63) is 82.6 Å². The van der Waals surface area contributed by atoms with E-state index in [0.29, 0.717) is 24.0 Å². The summed E-state index contributed by atoms with van der Waals surface area (Å²) in [5, 5.41) is -0.639. The maximum absolute atomic E-state index is 14.5. The van der Waals surface area contributed by atoms with Gasteiger partial charge in [-0.15, -0.1) is 0 Å². The molecule has 0 radical (unpaired) electrons. The van der Waals surface area contributed by atoms with E-state index in [2.05, 4.69) is 9.97 Å². The van der Waals surface area contributed by atoms with Crippen LogP contribution in [0.1, 0.15) is 52.9 Å². The third kappa shape index (κ3) is 5.60. The number of pyridine rings is 2. The number of aromatic nitrogens is 2. The maximum atomic E-state index is 14.5. The Morgan fingerprint density at radius 3 is 2.38 bits per heavy atom. The Kier molecular flexibility index (Phi) is 7.52. The number of hydrogen-bond acceptors (Lipinski definition) is 6. The molecule has 6 nitrogen and oxygen atoms in total. The lowest BCUT2D eigenvalue weighted by molar-refractivity contribution is 0.0987. The largest absolute Gasteiger partial charge is 0.326 e. The van der Waals surface area contributed by atoms with Crippen molar-refractivity contribution >= 4 is 15.6 Å². The lowest BCUT2D eigenvalue weighted by Gasteiger charge is -2.38. The highest BCUT2D eigenvalue weighted by Crippen LogP contribution is 2.39. The van der Waals surface area contributed by atoms with E-state index in [1.165, 1.54) is 19.2 Å². The van der Waals surface area contributed by atoms with E-state index in [-0.39, 0.29) is 24.0 Å². The van der Waals surface area contributed by atoms with Gasteiger partial charge < -0.3 is 5.73 Å². The number of Topliss-reactive ketones (excluding diaryl/α,β-unsaturated/α-hetero) is 1. The Morgan fingerprint density at radius 1 is 1.08 bits per heavy atom. The molecule has 1 aliphatic rings. The summed E-state index contributed by atoms with van der Waals surface area (Å²) in [6, 6.07) is 5.51. The van der Waals surface area contributed by atoms with E-state index in [1.54, 1.807) is 18.5 Å². The first kappa shape index (κ1) is 26.9. The summed E-state index contributed by atoms with van der Waals surface area (Å²) in [6.07, 6.45) is 5.22. The average molecular weight is 532 g/mol. The van der Waals surface area contributed by atoms with Gasteiger partial charge in [-0.3, -0.25) is 9.78 Å². The van der Waals surface area contributed by atoms with Crippen LogP contribution in [-0.4, -0.2) is 41.7 Å². The van der Waals surface area contributed by atoms with Crippen molar-refractivity contribution in [3.63, 3.8) is 0 Å². The van der Waals surface area contributed by atoms with Crippen LogP contribution in [0.2, 0.25) is 0 Å². The van der Waals surface area contributed by atoms with Crippen LogP contribution in [-0.2, 0) is 16.3 Å². The normalized spacial score (nSPS) is 22.1. The second kappa shape index (κ2) is 10.3. The highest BCUT2D eigenvalue weighted by Gasteiger charge is 2.40. The summed E-state index contributed by atoms with van der Waals surface area (Å²) in [7, 11) is -3.32. The predicted octanol–water partition coefficient (Wildman–Crippen LogP) is 4.55. The molecule has 0 amide bonds. The van der Waals surface area contributed by atoms with E-state index < -0.39 is 55.6 Å². The average Bonchev–Trinajstić information content (AvgIpc) is 2.78. The van der Waals surface area contributed by atoms with Crippen molar-refractivity contribution in [2.45, 2.75) is 50.3 Å². The number of carbonyl (C=O) groups excluding carboxylic acids is 1. The number of benzene rings is 1. The Balaban J connectivity index is 1.62. The molecule has 0 saturated heterocycles. The number of rotatable bonds is 6. The van der Waals surface area contributed by atoms with Gasteiger partial charge in [-0.1, -0.05) is 6.92 Å². The van der Waals surface area contributed by atoms with Crippen LogP contribution >= 0.6 is 0 Å². The monoisotopic (exact) mass is 531 g/mol. The molecule has 1 fully saturated rings. The Bertz CT molecular complexity index is 1430. The molecule has 3 aromatic rings. The molecule has 4 atom stereocenters. The zero-order valence-corrected chi connectivity index (χ0v) is 21.5. The number of nitrogens with two attached hydrogens (primary N) is 1. The smallest absolute Gasteiger partial charge is 0.185 e. The number of sulfone groups is 1. The van der Waals surface area contributed by atoms with Crippen LogP contribution in [0.5, 0.6) is 0 Å². The first-order valence-corrected chi connectivity index (χ1v) is 13.8. The van der Waals surface area contributed by atoms with E-state index in [1.807, 2.05) is 6.92 Å². The molecule has 2 aromatic heterocycles. The first-order chi connectivity index (χ1) is 17.4. The van der Waals surface area contributed by atoms with E-state index in [0.717, 1.165) is 23.8 Å². The van der Waals surface area contributed by atoms with Crippen molar-refractivity contribution in [3.8, 4) is 11.3 Å². The summed E-state index contributed by atoms with van der Waals surface area (Å²) in [5.74, 6) is -3.64. The molecule has 0 unspecified atom stereocenters.